The molecule has 1 N–H and O–H groups in total. The number of hydrogen-bond donors (Lipinski definition) is 1. The van der Waals surface area contributed by atoms with Gasteiger partial charge in [-0.25, -0.2) is 9.50 Å². The molecule has 0 saturated carbocycles. The first-order chi connectivity index (χ1) is 12.1. The molecule has 0 bridgehead atoms. The topological polar surface area (TPSA) is 77.8 Å². The Bertz CT molecular complexity index is 910. The molecule has 0 fully saturated rings. The quantitative estimate of drug-likeness (QED) is 0.682. The van der Waals surface area contributed by atoms with E-state index in [1.165, 1.54) is 0 Å². The predicted octanol–water partition coefficient (Wildman–Crippen LogP) is 2.48. The third-order valence-electron chi connectivity index (χ3n) is 3.70. The molecule has 3 rings (SSSR count). The molecule has 130 valence electrons. The van der Waals surface area contributed by atoms with Gasteiger partial charge in [0.05, 0.1) is 18.7 Å². The maximum absolute atomic E-state index is 12.4. The lowest BCUT2D eigenvalue weighted by Gasteiger charge is -2.10. The molecule has 0 radical (unpaired) electrons. The molecule has 1 aromatic carbocycles. The molecule has 0 spiro atoms. The van der Waals surface area contributed by atoms with Crippen LogP contribution in [0.1, 0.15) is 16.1 Å². The summed E-state index contributed by atoms with van der Waals surface area (Å²) in [6.45, 7) is 0.474. The Labute approximate surface area is 153 Å². The predicted molar refractivity (Wildman–Crippen MR) is 96.3 cm³/mol. The van der Waals surface area contributed by atoms with Gasteiger partial charge in [0.15, 0.2) is 22.8 Å². The van der Waals surface area contributed by atoms with Crippen molar-refractivity contribution in [1.82, 2.24) is 19.9 Å². The number of halogens is 1. The van der Waals surface area contributed by atoms with E-state index in [0.29, 0.717) is 40.3 Å². The Morgan fingerprint density at radius 3 is 2.80 bits per heavy atom. The number of carbonyl (C=O) groups is 1. The van der Waals surface area contributed by atoms with Crippen LogP contribution in [0.15, 0.2) is 41.1 Å². The molecule has 0 atom stereocenters. The Morgan fingerprint density at radius 1 is 1.28 bits per heavy atom. The second kappa shape index (κ2) is 7.52. The molecule has 8 heteroatoms. The average Bonchev–Trinajstić information content (AvgIpc) is 2.98. The van der Waals surface area contributed by atoms with Crippen molar-refractivity contribution in [1.29, 1.82) is 0 Å². The summed E-state index contributed by atoms with van der Waals surface area (Å²) in [6, 6.07) is 7.44. The highest BCUT2D eigenvalue weighted by atomic mass is 79.9. The van der Waals surface area contributed by atoms with E-state index in [9.17, 15) is 4.79 Å². The molecule has 0 aliphatic heterocycles. The lowest BCUT2D eigenvalue weighted by Crippen LogP contribution is -2.26. The smallest absolute Gasteiger partial charge is 0.273 e. The lowest BCUT2D eigenvalue weighted by atomic mass is 10.1. The summed E-state index contributed by atoms with van der Waals surface area (Å²) >= 11 is 3.39. The van der Waals surface area contributed by atoms with Crippen molar-refractivity contribution in [2.75, 3.05) is 20.8 Å². The number of fused-ring (bicyclic) bond motifs is 1. The van der Waals surface area contributed by atoms with Gasteiger partial charge in [-0.05, 0) is 46.1 Å². The van der Waals surface area contributed by atoms with E-state index in [4.69, 9.17) is 9.47 Å². The highest BCUT2D eigenvalue weighted by molar-refractivity contribution is 9.10. The normalized spacial score (nSPS) is 10.7. The number of nitrogens with zero attached hydrogens (tertiary/aromatic N) is 3. The average molecular weight is 405 g/mol. The van der Waals surface area contributed by atoms with Crippen LogP contribution in [-0.4, -0.2) is 41.3 Å². The van der Waals surface area contributed by atoms with Crippen LogP contribution in [0, 0.1) is 0 Å². The van der Waals surface area contributed by atoms with Crippen molar-refractivity contribution in [3.05, 3.63) is 52.4 Å². The van der Waals surface area contributed by atoms with Crippen LogP contribution in [-0.2, 0) is 6.42 Å². The van der Waals surface area contributed by atoms with Gasteiger partial charge in [0, 0.05) is 18.9 Å². The third kappa shape index (κ3) is 3.58. The first-order valence-electron chi connectivity index (χ1n) is 7.62. The third-order valence-corrected chi connectivity index (χ3v) is 4.43. The Balaban J connectivity index is 1.65. The molecule has 2 aromatic heterocycles. The Kier molecular flexibility index (Phi) is 5.18. The van der Waals surface area contributed by atoms with Crippen molar-refractivity contribution >= 4 is 27.5 Å². The zero-order valence-corrected chi connectivity index (χ0v) is 15.4. The Hall–Kier alpha value is -2.61. The standard InChI is InChI=1S/C17H17BrN4O3/c1-24-12-5-4-11(10-13(12)25-2)6-8-20-17(23)15-14(18)16-19-7-3-9-22(16)21-15/h3-5,7,9-10H,6,8H2,1-2H3,(H,20,23). The van der Waals surface area contributed by atoms with Crippen LogP contribution >= 0.6 is 15.9 Å². The van der Waals surface area contributed by atoms with Crippen molar-refractivity contribution in [3.63, 3.8) is 0 Å². The summed E-state index contributed by atoms with van der Waals surface area (Å²) in [5, 5.41) is 7.12. The van der Waals surface area contributed by atoms with Crippen LogP contribution in [0.2, 0.25) is 0 Å². The molecule has 0 saturated heterocycles. The van der Waals surface area contributed by atoms with Crippen LogP contribution < -0.4 is 14.8 Å². The zero-order chi connectivity index (χ0) is 17.8. The SMILES string of the molecule is COc1ccc(CCNC(=O)c2nn3cccnc3c2Br)cc1OC. The summed E-state index contributed by atoms with van der Waals surface area (Å²) in [6.07, 6.45) is 4.06. The summed E-state index contributed by atoms with van der Waals surface area (Å²) in [4.78, 5) is 16.6. The van der Waals surface area contributed by atoms with Gasteiger partial charge in [-0.3, -0.25) is 4.79 Å². The van der Waals surface area contributed by atoms with Crippen LogP contribution in [0.25, 0.3) is 5.65 Å². The van der Waals surface area contributed by atoms with E-state index in [1.807, 2.05) is 18.2 Å². The summed E-state index contributed by atoms with van der Waals surface area (Å²) in [7, 11) is 3.19. The van der Waals surface area contributed by atoms with Crippen LogP contribution in [0.3, 0.4) is 0 Å². The number of ether oxygens (including phenoxy) is 2. The van der Waals surface area contributed by atoms with E-state index in [2.05, 4.69) is 31.3 Å². The Morgan fingerprint density at radius 2 is 2.08 bits per heavy atom. The molecule has 0 aliphatic carbocycles. The van der Waals surface area contributed by atoms with Gasteiger partial charge in [0.25, 0.3) is 5.91 Å². The number of carbonyl (C=O) groups excluding carboxylic acids is 1. The number of amides is 1. The molecule has 25 heavy (non-hydrogen) atoms. The van der Waals surface area contributed by atoms with Gasteiger partial charge in [-0.1, -0.05) is 6.07 Å². The van der Waals surface area contributed by atoms with Crippen molar-refractivity contribution in [2.24, 2.45) is 0 Å². The summed E-state index contributed by atoms with van der Waals surface area (Å²) in [5.74, 6) is 1.09. The fourth-order valence-electron chi connectivity index (χ4n) is 2.44. The zero-order valence-electron chi connectivity index (χ0n) is 13.8. The minimum atomic E-state index is -0.252. The minimum absolute atomic E-state index is 0.252. The van der Waals surface area contributed by atoms with Crippen molar-refractivity contribution in [3.8, 4) is 11.5 Å². The second-order valence-corrected chi connectivity index (χ2v) is 6.04. The number of hydrogen-bond acceptors (Lipinski definition) is 5. The molecular weight excluding hydrogens is 388 g/mol. The van der Waals surface area contributed by atoms with Gasteiger partial charge in [0.2, 0.25) is 0 Å². The molecule has 3 aromatic rings. The number of benzene rings is 1. The summed E-state index contributed by atoms with van der Waals surface area (Å²) in [5.41, 5.74) is 1.95. The highest BCUT2D eigenvalue weighted by Crippen LogP contribution is 2.27. The van der Waals surface area contributed by atoms with Gasteiger partial charge in [-0.15, -0.1) is 0 Å². The minimum Gasteiger partial charge on any atom is -0.493 e. The van der Waals surface area contributed by atoms with Gasteiger partial charge >= 0.3 is 0 Å². The lowest BCUT2D eigenvalue weighted by molar-refractivity contribution is 0.0948. The molecule has 7 nitrogen and oxygen atoms in total. The van der Waals surface area contributed by atoms with E-state index >= 15 is 0 Å². The van der Waals surface area contributed by atoms with Gasteiger partial charge in [0.1, 0.15) is 0 Å². The monoisotopic (exact) mass is 404 g/mol. The van der Waals surface area contributed by atoms with E-state index < -0.39 is 0 Å². The number of rotatable bonds is 6. The maximum Gasteiger partial charge on any atom is 0.273 e. The second-order valence-electron chi connectivity index (χ2n) is 5.25. The number of aromatic nitrogens is 3. The van der Waals surface area contributed by atoms with Gasteiger partial charge in [-0.2, -0.15) is 5.10 Å². The van der Waals surface area contributed by atoms with Crippen molar-refractivity contribution < 1.29 is 14.3 Å². The van der Waals surface area contributed by atoms with E-state index in [1.54, 1.807) is 37.2 Å². The molecule has 0 unspecified atom stereocenters. The fraction of sp³-hybridized carbons (Fsp3) is 0.235. The van der Waals surface area contributed by atoms with Crippen LogP contribution in [0.5, 0.6) is 11.5 Å². The first-order valence-corrected chi connectivity index (χ1v) is 8.41. The molecule has 1 amide bonds. The van der Waals surface area contributed by atoms with Gasteiger partial charge < -0.3 is 14.8 Å². The van der Waals surface area contributed by atoms with E-state index in [-0.39, 0.29) is 5.91 Å². The highest BCUT2D eigenvalue weighted by Gasteiger charge is 2.17. The largest absolute Gasteiger partial charge is 0.493 e. The summed E-state index contributed by atoms with van der Waals surface area (Å²) < 4.78 is 12.6. The van der Waals surface area contributed by atoms with E-state index in [0.717, 1.165) is 5.56 Å². The molecule has 0 aliphatic rings. The fourth-order valence-corrected chi connectivity index (χ4v) is 2.99. The maximum atomic E-state index is 12.4. The molecular formula is C17H17BrN4O3. The number of methoxy groups -OCH3 is 2. The number of nitrogens with one attached hydrogen (secondary N) is 1. The van der Waals surface area contributed by atoms with Crippen LogP contribution in [0.4, 0.5) is 0 Å². The molecule has 2 heterocycles. The first kappa shape index (κ1) is 17.2. The van der Waals surface area contributed by atoms with Crippen molar-refractivity contribution in [2.45, 2.75) is 6.42 Å².